The number of amides is 1. The van der Waals surface area contributed by atoms with Gasteiger partial charge in [0.15, 0.2) is 0 Å². The van der Waals surface area contributed by atoms with Crippen molar-refractivity contribution >= 4 is 17.6 Å². The summed E-state index contributed by atoms with van der Waals surface area (Å²) >= 11 is 0. The predicted molar refractivity (Wildman–Crippen MR) is 113 cm³/mol. The van der Waals surface area contributed by atoms with E-state index in [9.17, 15) is 14.7 Å². The summed E-state index contributed by atoms with van der Waals surface area (Å²) < 4.78 is 0. The molecule has 0 saturated carbocycles. The first-order valence-corrected chi connectivity index (χ1v) is 10.7. The minimum Gasteiger partial charge on any atom is -0.478 e. The molecule has 0 bridgehead atoms. The molecule has 27 heavy (non-hydrogen) atoms. The molecular weight excluding hydrogens is 338 g/mol. The van der Waals surface area contributed by atoms with E-state index in [0.717, 1.165) is 25.7 Å². The van der Waals surface area contributed by atoms with Gasteiger partial charge in [-0.2, -0.15) is 0 Å². The van der Waals surface area contributed by atoms with Gasteiger partial charge in [-0.15, -0.1) is 0 Å². The molecule has 0 unspecified atom stereocenters. The maximum Gasteiger partial charge on any atom is 0.337 e. The number of carbonyl (C=O) groups is 2. The van der Waals surface area contributed by atoms with Crippen molar-refractivity contribution in [3.8, 4) is 0 Å². The topological polar surface area (TPSA) is 57.6 Å². The minimum absolute atomic E-state index is 0.0418. The Hall–Kier alpha value is -1.84. The second-order valence-corrected chi connectivity index (χ2v) is 7.30. The average molecular weight is 376 g/mol. The first kappa shape index (κ1) is 23.2. The molecule has 152 valence electrons. The van der Waals surface area contributed by atoms with E-state index in [1.807, 2.05) is 0 Å². The first-order valence-electron chi connectivity index (χ1n) is 10.7. The molecule has 0 aliphatic carbocycles. The Morgan fingerprint density at radius 1 is 0.815 bits per heavy atom. The number of unbranched alkanes of at least 4 members (excludes halogenated alkanes) is 9. The number of aromatic carboxylic acids is 1. The highest BCUT2D eigenvalue weighted by atomic mass is 16.4. The van der Waals surface area contributed by atoms with E-state index in [4.69, 9.17) is 0 Å². The van der Waals surface area contributed by atoms with Crippen LogP contribution >= 0.6 is 0 Å². The van der Waals surface area contributed by atoms with E-state index in [-0.39, 0.29) is 11.5 Å². The van der Waals surface area contributed by atoms with Crippen LogP contribution < -0.4 is 4.90 Å². The van der Waals surface area contributed by atoms with Crippen molar-refractivity contribution in [2.24, 2.45) is 0 Å². The second-order valence-electron chi connectivity index (χ2n) is 7.30. The number of benzene rings is 1. The summed E-state index contributed by atoms with van der Waals surface area (Å²) in [6.07, 6.45) is 13.3. The largest absolute Gasteiger partial charge is 0.478 e. The predicted octanol–water partition coefficient (Wildman–Crippen LogP) is 6.44. The van der Waals surface area contributed by atoms with Crippen LogP contribution in [0.2, 0.25) is 0 Å². The van der Waals surface area contributed by atoms with Gasteiger partial charge in [0.2, 0.25) is 5.91 Å². The Morgan fingerprint density at radius 2 is 1.37 bits per heavy atom. The molecule has 1 aromatic carbocycles. The molecule has 0 heterocycles. The highest BCUT2D eigenvalue weighted by molar-refractivity contribution is 6.01. The smallest absolute Gasteiger partial charge is 0.337 e. The number of nitrogens with zero attached hydrogens (tertiary/aromatic N) is 1. The molecule has 4 nitrogen and oxygen atoms in total. The molecule has 0 aliphatic rings. The maximum atomic E-state index is 12.8. The van der Waals surface area contributed by atoms with Crippen molar-refractivity contribution in [1.82, 2.24) is 0 Å². The summed E-state index contributed by atoms with van der Waals surface area (Å²) in [6.45, 7) is 4.89. The van der Waals surface area contributed by atoms with Crippen molar-refractivity contribution in [1.29, 1.82) is 0 Å². The highest BCUT2D eigenvalue weighted by Crippen LogP contribution is 2.23. The van der Waals surface area contributed by atoms with Gasteiger partial charge in [0, 0.05) is 13.0 Å². The van der Waals surface area contributed by atoms with E-state index in [2.05, 4.69) is 13.8 Å². The number of anilines is 1. The van der Waals surface area contributed by atoms with Crippen LogP contribution in [0.5, 0.6) is 0 Å². The Morgan fingerprint density at radius 3 is 1.96 bits per heavy atom. The third-order valence-corrected chi connectivity index (χ3v) is 4.96. The van der Waals surface area contributed by atoms with E-state index in [1.165, 1.54) is 44.9 Å². The molecule has 1 rings (SSSR count). The molecule has 0 fully saturated rings. The standard InChI is InChI=1S/C23H37NO3/c1-3-5-7-8-9-10-11-12-13-18-22(25)24(19-6-4-2)21-17-15-14-16-20(21)23(26)27/h14-17H,3-13,18-19H2,1-2H3,(H,26,27). The van der Waals surface area contributed by atoms with Crippen LogP contribution in [0.3, 0.4) is 0 Å². The van der Waals surface area contributed by atoms with Crippen LogP contribution in [0.15, 0.2) is 24.3 Å². The number of carboxylic acid groups (broad SMARTS) is 1. The third kappa shape index (κ3) is 9.07. The molecule has 1 N–H and O–H groups in total. The van der Waals surface area contributed by atoms with Gasteiger partial charge in [0.1, 0.15) is 0 Å². The van der Waals surface area contributed by atoms with Crippen LogP contribution in [-0.2, 0) is 4.79 Å². The molecule has 0 aromatic heterocycles. The molecule has 1 aromatic rings. The van der Waals surface area contributed by atoms with E-state index in [0.29, 0.717) is 18.7 Å². The fraction of sp³-hybridized carbons (Fsp3) is 0.652. The Bertz CT molecular complexity index is 556. The molecule has 0 radical (unpaired) electrons. The van der Waals surface area contributed by atoms with E-state index in [1.54, 1.807) is 29.2 Å². The number of hydrogen-bond donors (Lipinski definition) is 1. The minimum atomic E-state index is -0.983. The van der Waals surface area contributed by atoms with Crippen molar-refractivity contribution in [2.45, 2.75) is 90.9 Å². The SMILES string of the molecule is CCCCCCCCCCCC(=O)N(CCCC)c1ccccc1C(=O)O. The summed E-state index contributed by atoms with van der Waals surface area (Å²) in [5.41, 5.74) is 0.730. The fourth-order valence-electron chi connectivity index (χ4n) is 3.31. The van der Waals surface area contributed by atoms with Crippen molar-refractivity contribution in [3.05, 3.63) is 29.8 Å². The van der Waals surface area contributed by atoms with Crippen molar-refractivity contribution < 1.29 is 14.7 Å². The fourth-order valence-corrected chi connectivity index (χ4v) is 3.31. The molecule has 0 aliphatic heterocycles. The molecular formula is C23H37NO3. The summed E-state index contributed by atoms with van der Waals surface area (Å²) in [5.74, 6) is -0.942. The summed E-state index contributed by atoms with van der Waals surface area (Å²) in [6, 6.07) is 6.82. The van der Waals surface area contributed by atoms with Gasteiger partial charge in [-0.3, -0.25) is 4.79 Å². The lowest BCUT2D eigenvalue weighted by molar-refractivity contribution is -0.118. The Kier molecular flexibility index (Phi) is 12.2. The van der Waals surface area contributed by atoms with E-state index >= 15 is 0 Å². The monoisotopic (exact) mass is 375 g/mol. The van der Waals surface area contributed by atoms with Crippen molar-refractivity contribution in [2.75, 3.05) is 11.4 Å². The van der Waals surface area contributed by atoms with Crippen LogP contribution in [-0.4, -0.2) is 23.5 Å². The third-order valence-electron chi connectivity index (χ3n) is 4.96. The van der Waals surface area contributed by atoms with Crippen molar-refractivity contribution in [3.63, 3.8) is 0 Å². The number of hydrogen-bond acceptors (Lipinski definition) is 2. The molecule has 1 amide bonds. The lowest BCUT2D eigenvalue weighted by Gasteiger charge is -2.24. The van der Waals surface area contributed by atoms with Gasteiger partial charge in [-0.25, -0.2) is 4.79 Å². The van der Waals surface area contributed by atoms with E-state index < -0.39 is 5.97 Å². The molecule has 4 heteroatoms. The highest BCUT2D eigenvalue weighted by Gasteiger charge is 2.20. The number of carboxylic acids is 1. The maximum absolute atomic E-state index is 12.8. The zero-order valence-corrected chi connectivity index (χ0v) is 17.2. The molecule has 0 saturated heterocycles. The van der Waals surface area contributed by atoms with Crippen LogP contribution in [0, 0.1) is 0 Å². The zero-order valence-electron chi connectivity index (χ0n) is 17.2. The summed E-state index contributed by atoms with van der Waals surface area (Å²) in [4.78, 5) is 26.0. The van der Waals surface area contributed by atoms with Crippen LogP contribution in [0.1, 0.15) is 101 Å². The van der Waals surface area contributed by atoms with Gasteiger partial charge in [0.25, 0.3) is 0 Å². The molecule has 0 atom stereocenters. The second kappa shape index (κ2) is 14.2. The van der Waals surface area contributed by atoms with Gasteiger partial charge in [0.05, 0.1) is 11.3 Å². The van der Waals surface area contributed by atoms with Gasteiger partial charge in [-0.05, 0) is 25.0 Å². The van der Waals surface area contributed by atoms with Gasteiger partial charge >= 0.3 is 5.97 Å². The van der Waals surface area contributed by atoms with Gasteiger partial charge in [-0.1, -0.05) is 83.8 Å². The lowest BCUT2D eigenvalue weighted by Crippen LogP contribution is -2.33. The van der Waals surface area contributed by atoms with Crippen LogP contribution in [0.25, 0.3) is 0 Å². The Balaban J connectivity index is 2.49. The molecule has 0 spiro atoms. The number of rotatable bonds is 15. The number of para-hydroxylation sites is 1. The Labute approximate surface area is 165 Å². The quantitative estimate of drug-likeness (QED) is 0.359. The normalized spacial score (nSPS) is 10.7. The lowest BCUT2D eigenvalue weighted by atomic mass is 10.1. The first-order chi connectivity index (χ1) is 13.1. The summed E-state index contributed by atoms with van der Waals surface area (Å²) in [7, 11) is 0. The van der Waals surface area contributed by atoms with Crippen LogP contribution in [0.4, 0.5) is 5.69 Å². The number of carbonyl (C=O) groups excluding carboxylic acids is 1. The van der Waals surface area contributed by atoms with Gasteiger partial charge < -0.3 is 10.0 Å². The zero-order chi connectivity index (χ0) is 19.9. The average Bonchev–Trinajstić information content (AvgIpc) is 2.67. The summed E-state index contributed by atoms with van der Waals surface area (Å²) in [5, 5.41) is 9.43.